The lowest BCUT2D eigenvalue weighted by molar-refractivity contribution is -0.870. The molecule has 3 atom stereocenters. The average Bonchev–Trinajstić information content (AvgIpc) is 3.40. The number of hydrogen-bond donors (Lipinski definition) is 1. The number of carbonyl (C=O) groups is 2. The standard InChI is InChI=1S/C68H123N2O7P/c1-7-10-13-16-19-22-25-28-30-31-32-33-34-35-36-37-38-39-41-42-45-48-51-54-57-60-67(71)69-65(64-76-78(73,74)75-63-62-70(4,5)6)66(59-56-53-50-47-44-27-24-21-18-15-12-9-3)77-68(72)61-58-55-52-49-46-43-40-29-26-23-20-17-14-11-8-2/h19-20,22-23,26,28-30,32-33,35-36,56,59,65-66H,7-18,21,24-25,27,31,34,37-55,57-58,60-64H2,1-6H3,(H-,69,71,73,74)/b22-19-,23-20+,29-26+,30-28-,33-32-,36-35-,59-56-. The molecule has 0 saturated carbocycles. The van der Waals surface area contributed by atoms with Gasteiger partial charge in [0, 0.05) is 12.8 Å². The second kappa shape index (κ2) is 57.4. The zero-order chi connectivity index (χ0) is 57.2. The molecule has 452 valence electrons. The van der Waals surface area contributed by atoms with Crippen molar-refractivity contribution in [1.82, 2.24) is 5.32 Å². The lowest BCUT2D eigenvalue weighted by Crippen LogP contribution is -2.47. The van der Waals surface area contributed by atoms with Gasteiger partial charge in [-0.05, 0) is 102 Å². The first-order chi connectivity index (χ1) is 37.9. The molecule has 0 aliphatic heterocycles. The number of rotatable bonds is 58. The topological polar surface area (TPSA) is 114 Å². The monoisotopic (exact) mass is 1110 g/mol. The van der Waals surface area contributed by atoms with Crippen molar-refractivity contribution in [3.63, 3.8) is 0 Å². The normalized spacial score (nSPS) is 14.2. The Morgan fingerprint density at radius 1 is 0.462 bits per heavy atom. The molecule has 9 nitrogen and oxygen atoms in total. The van der Waals surface area contributed by atoms with Crippen LogP contribution in [0.15, 0.2) is 85.1 Å². The smallest absolute Gasteiger partial charge is 0.306 e. The van der Waals surface area contributed by atoms with E-state index in [2.05, 4.69) is 99.0 Å². The number of likely N-dealkylation sites (N-methyl/N-ethyl adjacent to an activating group) is 1. The van der Waals surface area contributed by atoms with Gasteiger partial charge in [-0.2, -0.15) is 0 Å². The number of carbonyl (C=O) groups excluding carboxylic acids is 2. The highest BCUT2D eigenvalue weighted by Crippen LogP contribution is 2.38. The first kappa shape index (κ1) is 75.2. The number of esters is 1. The molecular weight excluding hydrogens is 988 g/mol. The van der Waals surface area contributed by atoms with E-state index in [4.69, 9.17) is 13.8 Å². The van der Waals surface area contributed by atoms with E-state index in [0.717, 1.165) is 109 Å². The highest BCUT2D eigenvalue weighted by molar-refractivity contribution is 7.45. The number of unbranched alkanes of at least 4 members (excludes halogenated alkanes) is 31. The van der Waals surface area contributed by atoms with Crippen molar-refractivity contribution < 1.29 is 37.3 Å². The number of amides is 1. The van der Waals surface area contributed by atoms with Crippen molar-refractivity contribution in [2.45, 2.75) is 296 Å². The number of phosphoric ester groups is 1. The van der Waals surface area contributed by atoms with Gasteiger partial charge in [-0.3, -0.25) is 14.2 Å². The number of phosphoric acid groups is 1. The van der Waals surface area contributed by atoms with Crippen LogP contribution < -0.4 is 10.2 Å². The second-order valence-corrected chi connectivity index (χ2v) is 24.3. The maximum absolute atomic E-state index is 13.6. The number of quaternary nitrogens is 1. The Hall–Kier alpha value is -2.81. The van der Waals surface area contributed by atoms with Gasteiger partial charge in [-0.1, -0.05) is 254 Å². The van der Waals surface area contributed by atoms with Crippen molar-refractivity contribution in [2.75, 3.05) is 40.9 Å². The van der Waals surface area contributed by atoms with Crippen LogP contribution >= 0.6 is 7.82 Å². The van der Waals surface area contributed by atoms with Crippen molar-refractivity contribution in [3.8, 4) is 0 Å². The molecule has 0 saturated heterocycles. The van der Waals surface area contributed by atoms with Gasteiger partial charge in [-0.15, -0.1) is 0 Å². The summed E-state index contributed by atoms with van der Waals surface area (Å²) in [5, 5.41) is 3.03. The Kier molecular flexibility index (Phi) is 55.4. The first-order valence-corrected chi connectivity index (χ1v) is 33.9. The minimum Gasteiger partial charge on any atom is -0.756 e. The van der Waals surface area contributed by atoms with Crippen LogP contribution in [0.2, 0.25) is 0 Å². The molecule has 1 amide bonds. The molecule has 0 fully saturated rings. The lowest BCUT2D eigenvalue weighted by Gasteiger charge is -2.30. The summed E-state index contributed by atoms with van der Waals surface area (Å²) >= 11 is 0. The van der Waals surface area contributed by atoms with Gasteiger partial charge in [0.2, 0.25) is 5.91 Å². The Morgan fingerprint density at radius 2 is 0.821 bits per heavy atom. The Balaban J connectivity index is 5.17. The largest absolute Gasteiger partial charge is 0.756 e. The summed E-state index contributed by atoms with van der Waals surface area (Å²) in [7, 11) is 1.17. The summed E-state index contributed by atoms with van der Waals surface area (Å²) in [6.45, 7) is 6.78. The summed E-state index contributed by atoms with van der Waals surface area (Å²) < 4.78 is 30.3. The summed E-state index contributed by atoms with van der Waals surface area (Å²) in [4.78, 5) is 40.0. The molecular formula is C68H123N2O7P. The predicted octanol–water partition coefficient (Wildman–Crippen LogP) is 19.5. The fourth-order valence-corrected chi connectivity index (χ4v) is 9.75. The van der Waals surface area contributed by atoms with Crippen molar-refractivity contribution in [3.05, 3.63) is 85.1 Å². The van der Waals surface area contributed by atoms with Gasteiger partial charge in [0.05, 0.1) is 33.8 Å². The van der Waals surface area contributed by atoms with Crippen molar-refractivity contribution in [1.29, 1.82) is 0 Å². The molecule has 0 bridgehead atoms. The number of hydrogen-bond acceptors (Lipinski definition) is 7. The van der Waals surface area contributed by atoms with Crippen LogP contribution in [0.3, 0.4) is 0 Å². The molecule has 10 heteroatoms. The quantitative estimate of drug-likeness (QED) is 0.0161. The van der Waals surface area contributed by atoms with Crippen molar-refractivity contribution >= 4 is 19.7 Å². The number of ether oxygens (including phenoxy) is 1. The molecule has 0 aromatic carbocycles. The minimum absolute atomic E-state index is 0.0286. The van der Waals surface area contributed by atoms with E-state index in [1.165, 1.54) is 135 Å². The highest BCUT2D eigenvalue weighted by Gasteiger charge is 2.27. The van der Waals surface area contributed by atoms with E-state index >= 15 is 0 Å². The van der Waals surface area contributed by atoms with Gasteiger partial charge >= 0.3 is 5.97 Å². The third kappa shape index (κ3) is 57.9. The molecule has 0 heterocycles. The molecule has 0 rings (SSSR count). The molecule has 3 unspecified atom stereocenters. The number of nitrogens with zero attached hydrogens (tertiary/aromatic N) is 1. The van der Waals surface area contributed by atoms with E-state index in [-0.39, 0.29) is 24.9 Å². The van der Waals surface area contributed by atoms with Gasteiger partial charge < -0.3 is 28.5 Å². The Bertz CT molecular complexity index is 1610. The van der Waals surface area contributed by atoms with E-state index in [9.17, 15) is 19.0 Å². The zero-order valence-corrected chi connectivity index (χ0v) is 52.5. The molecule has 0 spiro atoms. The minimum atomic E-state index is -4.71. The van der Waals surface area contributed by atoms with Gasteiger partial charge in [0.15, 0.2) is 0 Å². The Morgan fingerprint density at radius 3 is 1.27 bits per heavy atom. The number of nitrogens with one attached hydrogen (secondary N) is 1. The van der Waals surface area contributed by atoms with Gasteiger partial charge in [0.1, 0.15) is 19.3 Å². The maximum Gasteiger partial charge on any atom is 0.306 e. The fraction of sp³-hybridized carbons (Fsp3) is 0.765. The molecule has 0 aromatic rings. The van der Waals surface area contributed by atoms with Crippen LogP contribution in [-0.2, 0) is 27.9 Å². The van der Waals surface area contributed by atoms with Crippen LogP contribution in [0.1, 0.15) is 284 Å². The zero-order valence-electron chi connectivity index (χ0n) is 51.6. The Labute approximate surface area is 482 Å². The molecule has 0 aliphatic carbocycles. The maximum atomic E-state index is 13.6. The van der Waals surface area contributed by atoms with E-state index in [0.29, 0.717) is 23.9 Å². The van der Waals surface area contributed by atoms with Crippen LogP contribution in [0, 0.1) is 0 Å². The number of allylic oxidation sites excluding steroid dienone is 13. The van der Waals surface area contributed by atoms with E-state index in [1.54, 1.807) is 0 Å². The molecule has 0 aromatic heterocycles. The van der Waals surface area contributed by atoms with Gasteiger partial charge in [0.25, 0.3) is 7.82 Å². The van der Waals surface area contributed by atoms with Gasteiger partial charge in [-0.25, -0.2) is 0 Å². The average molecular weight is 1110 g/mol. The summed E-state index contributed by atoms with van der Waals surface area (Å²) in [5.74, 6) is -0.560. The van der Waals surface area contributed by atoms with Crippen LogP contribution in [0.25, 0.3) is 0 Å². The van der Waals surface area contributed by atoms with Crippen LogP contribution in [0.5, 0.6) is 0 Å². The molecule has 78 heavy (non-hydrogen) atoms. The van der Waals surface area contributed by atoms with Crippen molar-refractivity contribution in [2.24, 2.45) is 0 Å². The first-order valence-electron chi connectivity index (χ1n) is 32.4. The summed E-state index contributed by atoms with van der Waals surface area (Å²) in [6.07, 6.45) is 75.4. The summed E-state index contributed by atoms with van der Waals surface area (Å²) in [5.41, 5.74) is 0. The van der Waals surface area contributed by atoms with E-state index in [1.807, 2.05) is 33.3 Å². The van der Waals surface area contributed by atoms with E-state index < -0.39 is 26.6 Å². The van der Waals surface area contributed by atoms with Crippen LogP contribution in [-0.4, -0.2) is 69.4 Å². The molecule has 1 N–H and O–H groups in total. The second-order valence-electron chi connectivity index (χ2n) is 22.9. The molecule has 0 aliphatic rings. The third-order valence-corrected chi connectivity index (χ3v) is 15.0. The SMILES string of the molecule is CCCCC/C=C\C/C=C\C/C=C\C/C=C\CCCCCCCCCCCC(=O)NC(COP(=O)([O-])OCC[N+](C)(C)C)C(/C=C\CCCCCCCCCCCC)OC(=O)CCCCCCCC/C=C/C=C/CCCCC. The molecule has 0 radical (unpaired) electrons. The third-order valence-electron chi connectivity index (χ3n) is 14.1. The summed E-state index contributed by atoms with van der Waals surface area (Å²) in [6, 6.07) is -0.900. The highest BCUT2D eigenvalue weighted by atomic mass is 31.2. The van der Waals surface area contributed by atoms with Crippen LogP contribution in [0.4, 0.5) is 0 Å². The predicted molar refractivity (Wildman–Crippen MR) is 335 cm³/mol. The lowest BCUT2D eigenvalue weighted by atomic mass is 10.0. The fourth-order valence-electron chi connectivity index (χ4n) is 9.03.